The van der Waals surface area contributed by atoms with Crippen LogP contribution < -0.4 is 10.6 Å². The van der Waals surface area contributed by atoms with Crippen molar-refractivity contribution in [1.82, 2.24) is 15.6 Å². The van der Waals surface area contributed by atoms with Gasteiger partial charge >= 0.3 is 6.09 Å². The molecule has 0 aliphatic heterocycles. The van der Waals surface area contributed by atoms with E-state index in [-0.39, 0.29) is 6.42 Å². The Morgan fingerprint density at radius 3 is 2.42 bits per heavy atom. The molecule has 0 fully saturated rings. The third-order valence-electron chi connectivity index (χ3n) is 4.88. The summed E-state index contributed by atoms with van der Waals surface area (Å²) < 4.78 is 5.34. The number of ether oxygens (including phenoxy) is 1. The van der Waals surface area contributed by atoms with Gasteiger partial charge in [0.2, 0.25) is 5.91 Å². The Balaban J connectivity index is 1.64. The lowest BCUT2D eigenvalue weighted by Crippen LogP contribution is -2.43. The first kappa shape index (κ1) is 23.9. The lowest BCUT2D eigenvalue weighted by molar-refractivity contribution is -0.120. The van der Waals surface area contributed by atoms with Gasteiger partial charge in [0.15, 0.2) is 0 Å². The zero-order chi connectivity index (χ0) is 23.8. The molecule has 0 saturated carbocycles. The van der Waals surface area contributed by atoms with Crippen molar-refractivity contribution in [3.8, 4) is 0 Å². The van der Waals surface area contributed by atoms with Crippen molar-refractivity contribution in [1.29, 1.82) is 0 Å². The smallest absolute Gasteiger partial charge is 0.407 e. The number of para-hydroxylation sites is 1. The van der Waals surface area contributed by atoms with E-state index < -0.39 is 29.6 Å². The molecule has 3 amide bonds. The summed E-state index contributed by atoms with van der Waals surface area (Å²) >= 11 is 0. The van der Waals surface area contributed by atoms with Crippen molar-refractivity contribution in [3.63, 3.8) is 0 Å². The van der Waals surface area contributed by atoms with E-state index in [0.717, 1.165) is 16.5 Å². The van der Waals surface area contributed by atoms with Gasteiger partial charge in [-0.2, -0.15) is 0 Å². The largest absolute Gasteiger partial charge is 0.444 e. The highest BCUT2D eigenvalue weighted by molar-refractivity contribution is 6.06. The first-order chi connectivity index (χ1) is 15.7. The van der Waals surface area contributed by atoms with Crippen molar-refractivity contribution in [2.45, 2.75) is 51.7 Å². The Bertz CT molecular complexity index is 1120. The molecule has 0 aliphatic carbocycles. The number of hydrogen-bond donors (Lipinski definition) is 2. The molecule has 3 aromatic rings. The Morgan fingerprint density at radius 2 is 1.70 bits per heavy atom. The van der Waals surface area contributed by atoms with Crippen LogP contribution in [0.15, 0.2) is 66.9 Å². The molecule has 0 unspecified atom stereocenters. The second-order valence-corrected chi connectivity index (χ2v) is 8.87. The molecule has 172 valence electrons. The van der Waals surface area contributed by atoms with Gasteiger partial charge in [-0.3, -0.25) is 19.9 Å². The van der Waals surface area contributed by atoms with E-state index in [1.54, 1.807) is 26.8 Å². The third kappa shape index (κ3) is 7.71. The fraction of sp³-hybridized carbons (Fsp3) is 0.308. The van der Waals surface area contributed by atoms with Crippen LogP contribution in [0.4, 0.5) is 4.79 Å². The predicted molar refractivity (Wildman–Crippen MR) is 127 cm³/mol. The molecule has 0 bridgehead atoms. The second-order valence-electron chi connectivity index (χ2n) is 8.87. The number of nitrogens with zero attached hydrogens (tertiary/aromatic N) is 1. The highest BCUT2D eigenvalue weighted by Crippen LogP contribution is 2.14. The van der Waals surface area contributed by atoms with Crippen molar-refractivity contribution < 1.29 is 19.1 Å². The zero-order valence-electron chi connectivity index (χ0n) is 19.1. The minimum atomic E-state index is -0.657. The number of imide groups is 1. The standard InChI is InChI=1S/C26H29N3O4/c1-26(2,3)33-25(32)28-21(14-13-18-9-5-4-6-10-18)16-23(30)29-24(31)20-15-19-11-7-8-12-22(19)27-17-20/h4-12,15,17,21H,13-14,16H2,1-3H3,(H,28,32)(H,29,30,31)/t21-/m1/s1. The van der Waals surface area contributed by atoms with Crippen molar-refractivity contribution in [2.24, 2.45) is 0 Å². The van der Waals surface area contributed by atoms with Crippen LogP contribution in [-0.4, -0.2) is 34.5 Å². The number of alkyl carbamates (subject to hydrolysis) is 1. The van der Waals surface area contributed by atoms with Crippen LogP contribution in [-0.2, 0) is 16.0 Å². The van der Waals surface area contributed by atoms with Crippen molar-refractivity contribution in [3.05, 3.63) is 78.0 Å². The highest BCUT2D eigenvalue weighted by atomic mass is 16.6. The highest BCUT2D eigenvalue weighted by Gasteiger charge is 2.22. The number of aryl methyl sites for hydroxylation is 1. The van der Waals surface area contributed by atoms with E-state index in [2.05, 4.69) is 15.6 Å². The van der Waals surface area contributed by atoms with E-state index >= 15 is 0 Å². The number of aromatic nitrogens is 1. The number of carbonyl (C=O) groups is 3. The number of carbonyl (C=O) groups excluding carboxylic acids is 3. The number of hydrogen-bond acceptors (Lipinski definition) is 5. The first-order valence-electron chi connectivity index (χ1n) is 10.9. The van der Waals surface area contributed by atoms with Gasteiger partial charge in [0, 0.05) is 24.0 Å². The summed E-state index contributed by atoms with van der Waals surface area (Å²) in [4.78, 5) is 41.8. The zero-order valence-corrected chi connectivity index (χ0v) is 19.1. The monoisotopic (exact) mass is 447 g/mol. The molecule has 3 rings (SSSR count). The Morgan fingerprint density at radius 1 is 1.00 bits per heavy atom. The van der Waals surface area contributed by atoms with E-state index in [1.807, 2.05) is 54.6 Å². The number of nitrogens with one attached hydrogen (secondary N) is 2. The van der Waals surface area contributed by atoms with E-state index in [1.165, 1.54) is 6.20 Å². The van der Waals surface area contributed by atoms with E-state index in [9.17, 15) is 14.4 Å². The number of benzene rings is 2. The minimum Gasteiger partial charge on any atom is -0.444 e. The molecule has 2 aromatic carbocycles. The molecular weight excluding hydrogens is 418 g/mol. The maximum atomic E-state index is 12.6. The van der Waals surface area contributed by atoms with Crippen LogP contribution in [0.3, 0.4) is 0 Å². The second kappa shape index (κ2) is 10.7. The van der Waals surface area contributed by atoms with Crippen molar-refractivity contribution >= 4 is 28.8 Å². The average Bonchev–Trinajstić information content (AvgIpc) is 2.76. The van der Waals surface area contributed by atoms with Crippen molar-refractivity contribution in [2.75, 3.05) is 0 Å². The van der Waals surface area contributed by atoms with Crippen LogP contribution in [0.25, 0.3) is 10.9 Å². The van der Waals surface area contributed by atoms with Crippen LogP contribution in [0, 0.1) is 0 Å². The molecule has 1 atom stereocenters. The van der Waals surface area contributed by atoms with Crippen LogP contribution in [0.5, 0.6) is 0 Å². The van der Waals surface area contributed by atoms with Gasteiger partial charge in [0.05, 0.1) is 11.1 Å². The van der Waals surface area contributed by atoms with Gasteiger partial charge in [-0.25, -0.2) is 4.79 Å². The number of rotatable bonds is 7. The molecule has 0 aliphatic rings. The van der Waals surface area contributed by atoms with Gasteiger partial charge in [-0.1, -0.05) is 48.5 Å². The van der Waals surface area contributed by atoms with E-state index in [4.69, 9.17) is 4.74 Å². The van der Waals surface area contributed by atoms with E-state index in [0.29, 0.717) is 18.4 Å². The topological polar surface area (TPSA) is 97.4 Å². The molecular formula is C26H29N3O4. The molecule has 0 spiro atoms. The summed E-state index contributed by atoms with van der Waals surface area (Å²) in [5, 5.41) is 5.98. The predicted octanol–water partition coefficient (Wildman–Crippen LogP) is 4.41. The molecule has 0 radical (unpaired) electrons. The molecule has 1 aromatic heterocycles. The molecule has 1 heterocycles. The van der Waals surface area contributed by atoms with Gasteiger partial charge in [-0.05, 0) is 51.3 Å². The van der Waals surface area contributed by atoms with Gasteiger partial charge < -0.3 is 10.1 Å². The molecule has 7 heteroatoms. The summed E-state index contributed by atoms with van der Waals surface area (Å²) in [6.07, 6.45) is 1.97. The van der Waals surface area contributed by atoms with Crippen LogP contribution in [0.1, 0.15) is 49.5 Å². The fourth-order valence-corrected chi connectivity index (χ4v) is 3.35. The Hall–Kier alpha value is -3.74. The maximum absolute atomic E-state index is 12.6. The summed E-state index contributed by atoms with van der Waals surface area (Å²) in [7, 11) is 0. The quantitative estimate of drug-likeness (QED) is 0.559. The molecule has 2 N–H and O–H groups in total. The summed E-state index contributed by atoms with van der Waals surface area (Å²) in [6.45, 7) is 5.32. The SMILES string of the molecule is CC(C)(C)OC(=O)N[C@H](CCc1ccccc1)CC(=O)NC(=O)c1cnc2ccccc2c1. The lowest BCUT2D eigenvalue weighted by Gasteiger charge is -2.23. The minimum absolute atomic E-state index is 0.0567. The number of fused-ring (bicyclic) bond motifs is 1. The summed E-state index contributed by atoms with van der Waals surface area (Å²) in [5.41, 5.74) is 1.49. The Kier molecular flexibility index (Phi) is 7.77. The van der Waals surface area contributed by atoms with Crippen LogP contribution >= 0.6 is 0 Å². The molecule has 0 saturated heterocycles. The normalized spacial score (nSPS) is 12.1. The fourth-order valence-electron chi connectivity index (χ4n) is 3.35. The lowest BCUT2D eigenvalue weighted by atomic mass is 10.0. The number of pyridine rings is 1. The first-order valence-corrected chi connectivity index (χ1v) is 10.9. The molecule has 33 heavy (non-hydrogen) atoms. The number of amides is 3. The van der Waals surface area contributed by atoms with Crippen LogP contribution in [0.2, 0.25) is 0 Å². The maximum Gasteiger partial charge on any atom is 0.407 e. The summed E-state index contributed by atoms with van der Waals surface area (Å²) in [5.74, 6) is -1.01. The van der Waals surface area contributed by atoms with Gasteiger partial charge in [0.25, 0.3) is 5.91 Å². The van der Waals surface area contributed by atoms with Gasteiger partial charge in [0.1, 0.15) is 5.60 Å². The summed E-state index contributed by atoms with van der Waals surface area (Å²) in [6, 6.07) is 18.4. The average molecular weight is 448 g/mol. The molecule has 7 nitrogen and oxygen atoms in total. The third-order valence-corrected chi connectivity index (χ3v) is 4.88. The Labute approximate surface area is 193 Å². The van der Waals surface area contributed by atoms with Gasteiger partial charge in [-0.15, -0.1) is 0 Å².